The van der Waals surface area contributed by atoms with E-state index in [2.05, 4.69) is 10.6 Å². The van der Waals surface area contributed by atoms with Gasteiger partial charge in [0.25, 0.3) is 0 Å². The Kier molecular flexibility index (Phi) is 5.27. The highest BCUT2D eigenvalue weighted by Gasteiger charge is 2.59. The topological polar surface area (TPSA) is 70.6 Å². The highest BCUT2D eigenvalue weighted by atomic mass is 16.5. The molecule has 0 bridgehead atoms. The van der Waals surface area contributed by atoms with E-state index < -0.39 is 0 Å². The second-order valence-electron chi connectivity index (χ2n) is 6.07. The van der Waals surface area contributed by atoms with Gasteiger partial charge in [-0.25, -0.2) is 4.79 Å². The third-order valence-corrected chi connectivity index (χ3v) is 4.98. The van der Waals surface area contributed by atoms with Crippen molar-refractivity contribution in [3.63, 3.8) is 0 Å². The Morgan fingerprint density at radius 2 is 2.20 bits per heavy atom. The third-order valence-electron chi connectivity index (χ3n) is 4.98. The molecule has 0 heterocycles. The Bertz CT molecular complexity index is 331. The lowest BCUT2D eigenvalue weighted by Crippen LogP contribution is -2.68. The lowest BCUT2D eigenvalue weighted by Gasteiger charge is -2.60. The van der Waals surface area contributed by atoms with E-state index in [9.17, 15) is 9.90 Å². The van der Waals surface area contributed by atoms with Crippen LogP contribution < -0.4 is 10.6 Å². The van der Waals surface area contributed by atoms with Crippen molar-refractivity contribution in [2.75, 3.05) is 13.2 Å². The molecule has 116 valence electrons. The SMILES string of the molecule is CCOC1CC(NC(=O)NCCC(O)CC)C12CCC2. The highest BCUT2D eigenvalue weighted by molar-refractivity contribution is 5.74. The van der Waals surface area contributed by atoms with E-state index in [1.165, 1.54) is 6.42 Å². The van der Waals surface area contributed by atoms with E-state index >= 15 is 0 Å². The maximum atomic E-state index is 11.9. The highest BCUT2D eigenvalue weighted by Crippen LogP contribution is 2.57. The van der Waals surface area contributed by atoms with Gasteiger partial charge in [-0.1, -0.05) is 13.3 Å². The van der Waals surface area contributed by atoms with Crippen LogP contribution >= 0.6 is 0 Å². The zero-order valence-electron chi connectivity index (χ0n) is 12.7. The van der Waals surface area contributed by atoms with Gasteiger partial charge >= 0.3 is 6.03 Å². The van der Waals surface area contributed by atoms with E-state index in [4.69, 9.17) is 4.74 Å². The normalized spacial score (nSPS) is 28.4. The lowest BCUT2D eigenvalue weighted by atomic mass is 9.51. The van der Waals surface area contributed by atoms with Crippen molar-refractivity contribution in [1.82, 2.24) is 10.6 Å². The molecule has 20 heavy (non-hydrogen) atoms. The minimum Gasteiger partial charge on any atom is -0.393 e. The first-order valence-corrected chi connectivity index (χ1v) is 7.96. The van der Waals surface area contributed by atoms with Crippen LogP contribution in [0.4, 0.5) is 4.79 Å². The molecule has 2 amide bonds. The molecule has 0 aromatic heterocycles. The molecule has 2 aliphatic carbocycles. The van der Waals surface area contributed by atoms with Crippen molar-refractivity contribution in [2.45, 2.75) is 70.6 Å². The molecule has 0 saturated heterocycles. The smallest absolute Gasteiger partial charge is 0.315 e. The fourth-order valence-electron chi connectivity index (χ4n) is 3.41. The van der Waals surface area contributed by atoms with Crippen molar-refractivity contribution in [1.29, 1.82) is 0 Å². The first kappa shape index (κ1) is 15.6. The second-order valence-corrected chi connectivity index (χ2v) is 6.07. The first-order chi connectivity index (χ1) is 9.62. The summed E-state index contributed by atoms with van der Waals surface area (Å²) in [4.78, 5) is 11.9. The molecule has 5 heteroatoms. The molecular weight excluding hydrogens is 256 g/mol. The second kappa shape index (κ2) is 6.76. The summed E-state index contributed by atoms with van der Waals surface area (Å²) in [5.74, 6) is 0. The van der Waals surface area contributed by atoms with Gasteiger partial charge in [0.15, 0.2) is 0 Å². The van der Waals surface area contributed by atoms with Gasteiger partial charge in [-0.05, 0) is 39.0 Å². The van der Waals surface area contributed by atoms with Gasteiger partial charge in [-0.2, -0.15) is 0 Å². The number of aliphatic hydroxyl groups is 1. The number of carbonyl (C=O) groups is 1. The van der Waals surface area contributed by atoms with Crippen molar-refractivity contribution >= 4 is 6.03 Å². The number of amides is 2. The van der Waals surface area contributed by atoms with Gasteiger partial charge in [0, 0.05) is 24.6 Å². The third kappa shape index (κ3) is 3.09. The summed E-state index contributed by atoms with van der Waals surface area (Å²) in [7, 11) is 0. The van der Waals surface area contributed by atoms with Gasteiger partial charge in [-0.15, -0.1) is 0 Å². The van der Waals surface area contributed by atoms with Crippen LogP contribution in [0.5, 0.6) is 0 Å². The lowest BCUT2D eigenvalue weighted by molar-refractivity contribution is -0.169. The summed E-state index contributed by atoms with van der Waals surface area (Å²) in [5, 5.41) is 15.4. The zero-order chi connectivity index (χ0) is 14.6. The van der Waals surface area contributed by atoms with Gasteiger partial charge in [-0.3, -0.25) is 0 Å². The molecule has 3 unspecified atom stereocenters. The predicted octanol–water partition coefficient (Wildman–Crippen LogP) is 1.79. The number of nitrogens with one attached hydrogen (secondary N) is 2. The van der Waals surface area contributed by atoms with E-state index in [0.29, 0.717) is 19.1 Å². The van der Waals surface area contributed by atoms with E-state index in [1.54, 1.807) is 0 Å². The Morgan fingerprint density at radius 1 is 1.45 bits per heavy atom. The molecule has 5 nitrogen and oxygen atoms in total. The fourth-order valence-corrected chi connectivity index (χ4v) is 3.41. The Labute approximate surface area is 121 Å². The number of hydrogen-bond acceptors (Lipinski definition) is 3. The van der Waals surface area contributed by atoms with Crippen molar-refractivity contribution in [3.05, 3.63) is 0 Å². The molecule has 0 aromatic rings. The van der Waals surface area contributed by atoms with Gasteiger partial charge < -0.3 is 20.5 Å². The molecule has 3 N–H and O–H groups in total. The van der Waals surface area contributed by atoms with Crippen LogP contribution in [-0.4, -0.2) is 42.5 Å². The number of ether oxygens (including phenoxy) is 1. The van der Waals surface area contributed by atoms with Crippen molar-refractivity contribution < 1.29 is 14.6 Å². The summed E-state index contributed by atoms with van der Waals surface area (Å²) < 4.78 is 5.77. The standard InChI is InChI=1S/C15H28N2O3/c1-3-11(18)6-9-16-14(19)17-12-10-13(20-4-2)15(12)7-5-8-15/h11-13,18H,3-10H2,1-2H3,(H2,16,17,19). The predicted molar refractivity (Wildman–Crippen MR) is 77.6 cm³/mol. The molecule has 2 fully saturated rings. The van der Waals surface area contributed by atoms with Gasteiger partial charge in [0.2, 0.25) is 0 Å². The average molecular weight is 284 g/mol. The summed E-state index contributed by atoms with van der Waals surface area (Å²) in [5.41, 5.74) is 0.205. The zero-order valence-corrected chi connectivity index (χ0v) is 12.7. The van der Waals surface area contributed by atoms with Gasteiger partial charge in [0.1, 0.15) is 0 Å². The first-order valence-electron chi connectivity index (χ1n) is 7.96. The van der Waals surface area contributed by atoms with Crippen LogP contribution in [0.3, 0.4) is 0 Å². The van der Waals surface area contributed by atoms with Crippen molar-refractivity contribution in [3.8, 4) is 0 Å². The maximum absolute atomic E-state index is 11.9. The summed E-state index contributed by atoms with van der Waals surface area (Å²) in [6, 6.07) is 0.142. The molecule has 0 aliphatic heterocycles. The molecule has 0 radical (unpaired) electrons. The van der Waals surface area contributed by atoms with Crippen LogP contribution in [0, 0.1) is 5.41 Å². The van der Waals surface area contributed by atoms with Crippen LogP contribution in [0.25, 0.3) is 0 Å². The van der Waals surface area contributed by atoms with E-state index in [0.717, 1.165) is 32.3 Å². The maximum Gasteiger partial charge on any atom is 0.315 e. The molecule has 2 aliphatic rings. The van der Waals surface area contributed by atoms with Crippen molar-refractivity contribution in [2.24, 2.45) is 5.41 Å². The van der Waals surface area contributed by atoms with Crippen LogP contribution in [0.15, 0.2) is 0 Å². The Balaban J connectivity index is 1.70. The Morgan fingerprint density at radius 3 is 2.75 bits per heavy atom. The molecule has 2 rings (SSSR count). The Hall–Kier alpha value is -0.810. The number of carbonyl (C=O) groups excluding carboxylic acids is 1. The molecule has 1 spiro atoms. The van der Waals surface area contributed by atoms with Crippen LogP contribution in [-0.2, 0) is 4.74 Å². The number of hydrogen-bond donors (Lipinski definition) is 3. The quantitative estimate of drug-likeness (QED) is 0.667. The largest absolute Gasteiger partial charge is 0.393 e. The molecular formula is C15H28N2O3. The number of urea groups is 1. The summed E-state index contributed by atoms with van der Waals surface area (Å²) >= 11 is 0. The number of rotatable bonds is 7. The summed E-state index contributed by atoms with van der Waals surface area (Å²) in [6.07, 6.45) is 5.85. The van der Waals surface area contributed by atoms with E-state index in [1.807, 2.05) is 13.8 Å². The monoisotopic (exact) mass is 284 g/mol. The average Bonchev–Trinajstić information content (AvgIpc) is 2.35. The van der Waals surface area contributed by atoms with Gasteiger partial charge in [0.05, 0.1) is 12.2 Å². The minimum atomic E-state index is -0.320. The van der Waals surface area contributed by atoms with Crippen LogP contribution in [0.2, 0.25) is 0 Å². The molecule has 0 aromatic carbocycles. The minimum absolute atomic E-state index is 0.112. The number of aliphatic hydroxyl groups excluding tert-OH is 1. The van der Waals surface area contributed by atoms with E-state index in [-0.39, 0.29) is 23.6 Å². The fraction of sp³-hybridized carbons (Fsp3) is 0.933. The molecule has 3 atom stereocenters. The summed E-state index contributed by atoms with van der Waals surface area (Å²) in [6.45, 7) is 5.24. The molecule has 2 saturated carbocycles. The van der Waals surface area contributed by atoms with Crippen LogP contribution in [0.1, 0.15) is 52.4 Å².